The molecule has 3 N–H and O–H groups in total. The highest BCUT2D eigenvalue weighted by molar-refractivity contribution is 5.45. The zero-order valence-corrected chi connectivity index (χ0v) is 12.5. The Labute approximate surface area is 124 Å². The van der Waals surface area contributed by atoms with Gasteiger partial charge in [-0.25, -0.2) is 5.84 Å². The summed E-state index contributed by atoms with van der Waals surface area (Å²) in [5.41, 5.74) is 2.55. The normalized spacial score (nSPS) is 23.2. The van der Waals surface area contributed by atoms with Crippen LogP contribution < -0.4 is 21.1 Å². The van der Waals surface area contributed by atoms with Crippen molar-refractivity contribution in [2.75, 3.05) is 48.0 Å². The molecule has 0 amide bonds. The Morgan fingerprint density at radius 3 is 2.43 bits per heavy atom. The molecule has 2 saturated heterocycles. The van der Waals surface area contributed by atoms with Crippen LogP contribution in [0.5, 0.6) is 0 Å². The Morgan fingerprint density at radius 1 is 1.05 bits per heavy atom. The molecular formula is C13H23N7O. The molecule has 0 saturated carbocycles. The van der Waals surface area contributed by atoms with Crippen LogP contribution in [0.1, 0.15) is 26.2 Å². The second kappa shape index (κ2) is 6.40. The van der Waals surface area contributed by atoms with E-state index >= 15 is 0 Å². The van der Waals surface area contributed by atoms with Crippen molar-refractivity contribution in [1.29, 1.82) is 0 Å². The molecule has 8 nitrogen and oxygen atoms in total. The van der Waals surface area contributed by atoms with E-state index in [1.54, 1.807) is 0 Å². The maximum Gasteiger partial charge on any atom is 0.243 e. The first-order valence-electron chi connectivity index (χ1n) is 7.60. The third-order valence-corrected chi connectivity index (χ3v) is 3.90. The molecule has 1 aromatic heterocycles. The van der Waals surface area contributed by atoms with E-state index in [4.69, 9.17) is 10.6 Å². The molecule has 0 aliphatic carbocycles. The predicted octanol–water partition coefficient (Wildman–Crippen LogP) is 0.373. The molecule has 2 fully saturated rings. The van der Waals surface area contributed by atoms with Gasteiger partial charge in [0.15, 0.2) is 0 Å². The van der Waals surface area contributed by atoms with Gasteiger partial charge in [0, 0.05) is 26.2 Å². The second-order valence-electron chi connectivity index (χ2n) is 5.58. The summed E-state index contributed by atoms with van der Waals surface area (Å²) in [6.45, 7) is 6.31. The van der Waals surface area contributed by atoms with Crippen molar-refractivity contribution in [3.63, 3.8) is 0 Å². The smallest absolute Gasteiger partial charge is 0.243 e. The van der Waals surface area contributed by atoms with E-state index in [1.807, 2.05) is 0 Å². The van der Waals surface area contributed by atoms with Crippen LogP contribution in [0.3, 0.4) is 0 Å². The van der Waals surface area contributed by atoms with Gasteiger partial charge in [0.05, 0.1) is 12.7 Å². The van der Waals surface area contributed by atoms with Crippen molar-refractivity contribution in [2.45, 2.75) is 32.3 Å². The van der Waals surface area contributed by atoms with Crippen molar-refractivity contribution in [2.24, 2.45) is 5.84 Å². The van der Waals surface area contributed by atoms with Crippen molar-refractivity contribution < 1.29 is 4.74 Å². The summed E-state index contributed by atoms with van der Waals surface area (Å²) in [7, 11) is 0. The van der Waals surface area contributed by atoms with Gasteiger partial charge in [-0.05, 0) is 26.2 Å². The molecule has 0 spiro atoms. The Kier molecular flexibility index (Phi) is 4.35. The number of morpholine rings is 1. The van der Waals surface area contributed by atoms with Crippen molar-refractivity contribution in [1.82, 2.24) is 15.0 Å². The monoisotopic (exact) mass is 293 g/mol. The molecule has 8 heteroatoms. The van der Waals surface area contributed by atoms with E-state index in [2.05, 4.69) is 37.1 Å². The summed E-state index contributed by atoms with van der Waals surface area (Å²) in [4.78, 5) is 17.8. The van der Waals surface area contributed by atoms with Gasteiger partial charge >= 0.3 is 0 Å². The first kappa shape index (κ1) is 14.3. The number of nitrogens with zero attached hydrogens (tertiary/aromatic N) is 5. The average molecular weight is 293 g/mol. The maximum absolute atomic E-state index is 5.57. The summed E-state index contributed by atoms with van der Waals surface area (Å²) in [6, 6.07) is 0. The summed E-state index contributed by atoms with van der Waals surface area (Å²) < 4.78 is 5.57. The summed E-state index contributed by atoms with van der Waals surface area (Å²) in [6.07, 6.45) is 3.82. The van der Waals surface area contributed by atoms with Crippen LogP contribution in [0.4, 0.5) is 17.8 Å². The molecule has 21 heavy (non-hydrogen) atoms. The number of nitrogens with one attached hydrogen (secondary N) is 1. The quantitative estimate of drug-likeness (QED) is 0.610. The molecule has 1 atom stereocenters. The molecule has 2 aliphatic rings. The first-order chi connectivity index (χ1) is 10.3. The third-order valence-electron chi connectivity index (χ3n) is 3.90. The van der Waals surface area contributed by atoms with Gasteiger partial charge in [-0.1, -0.05) is 0 Å². The van der Waals surface area contributed by atoms with Crippen LogP contribution >= 0.6 is 0 Å². The number of aromatic nitrogens is 3. The Morgan fingerprint density at radius 2 is 1.76 bits per heavy atom. The topological polar surface area (TPSA) is 92.4 Å². The van der Waals surface area contributed by atoms with Gasteiger partial charge in [0.1, 0.15) is 0 Å². The highest BCUT2D eigenvalue weighted by Gasteiger charge is 2.22. The number of hydrazine groups is 1. The number of hydrogen-bond acceptors (Lipinski definition) is 8. The van der Waals surface area contributed by atoms with Gasteiger partial charge in [0.25, 0.3) is 0 Å². The van der Waals surface area contributed by atoms with Gasteiger partial charge in [-0.2, -0.15) is 15.0 Å². The number of nitrogen functional groups attached to an aromatic ring is 1. The lowest BCUT2D eigenvalue weighted by Crippen LogP contribution is -2.42. The molecular weight excluding hydrogens is 270 g/mol. The van der Waals surface area contributed by atoms with E-state index in [-0.39, 0.29) is 6.10 Å². The number of nitrogens with two attached hydrogens (primary N) is 1. The number of ether oxygens (including phenoxy) is 1. The number of hydrogen-bond donors (Lipinski definition) is 2. The predicted molar refractivity (Wildman–Crippen MR) is 81.3 cm³/mol. The lowest BCUT2D eigenvalue weighted by Gasteiger charge is -2.32. The fraction of sp³-hybridized carbons (Fsp3) is 0.769. The summed E-state index contributed by atoms with van der Waals surface area (Å²) in [5, 5.41) is 0. The number of anilines is 3. The van der Waals surface area contributed by atoms with Gasteiger partial charge in [-0.15, -0.1) is 0 Å². The van der Waals surface area contributed by atoms with E-state index in [0.29, 0.717) is 24.5 Å². The van der Waals surface area contributed by atoms with Gasteiger partial charge in [-0.3, -0.25) is 5.43 Å². The molecule has 0 bridgehead atoms. The van der Waals surface area contributed by atoms with Crippen LogP contribution in [0.2, 0.25) is 0 Å². The molecule has 2 aliphatic heterocycles. The van der Waals surface area contributed by atoms with Crippen LogP contribution in [0, 0.1) is 0 Å². The highest BCUT2D eigenvalue weighted by atomic mass is 16.5. The number of piperidine rings is 1. The Bertz CT molecular complexity index is 478. The van der Waals surface area contributed by atoms with Gasteiger partial charge < -0.3 is 14.5 Å². The number of rotatable bonds is 3. The second-order valence-corrected chi connectivity index (χ2v) is 5.58. The minimum absolute atomic E-state index is 0.184. The van der Waals surface area contributed by atoms with Crippen LogP contribution in [0.15, 0.2) is 0 Å². The zero-order chi connectivity index (χ0) is 14.7. The third kappa shape index (κ3) is 3.33. The van der Waals surface area contributed by atoms with E-state index < -0.39 is 0 Å². The SMILES string of the molecule is CC1CN(c2nc(NN)nc(N3CCCCC3)n2)CCO1. The Balaban J connectivity index is 1.85. The van der Waals surface area contributed by atoms with Crippen LogP contribution in [-0.4, -0.2) is 53.8 Å². The molecule has 3 rings (SSSR count). The van der Waals surface area contributed by atoms with Crippen LogP contribution in [-0.2, 0) is 4.74 Å². The van der Waals surface area contributed by atoms with Crippen molar-refractivity contribution >= 4 is 17.8 Å². The largest absolute Gasteiger partial charge is 0.375 e. The van der Waals surface area contributed by atoms with E-state index in [1.165, 1.54) is 19.3 Å². The van der Waals surface area contributed by atoms with Crippen molar-refractivity contribution in [3.8, 4) is 0 Å². The van der Waals surface area contributed by atoms with Gasteiger partial charge in [0.2, 0.25) is 17.8 Å². The van der Waals surface area contributed by atoms with E-state index in [9.17, 15) is 0 Å². The standard InChI is InChI=1S/C13H23N7O/c1-10-9-20(7-8-21-10)13-16-11(18-14)15-12(17-13)19-5-3-2-4-6-19/h10H,2-9,14H2,1H3,(H,15,16,17,18). The first-order valence-corrected chi connectivity index (χ1v) is 7.60. The fourth-order valence-corrected chi connectivity index (χ4v) is 2.80. The fourth-order valence-electron chi connectivity index (χ4n) is 2.80. The highest BCUT2D eigenvalue weighted by Crippen LogP contribution is 2.21. The molecule has 3 heterocycles. The minimum Gasteiger partial charge on any atom is -0.375 e. The zero-order valence-electron chi connectivity index (χ0n) is 12.5. The Hall–Kier alpha value is -1.67. The summed E-state index contributed by atoms with van der Waals surface area (Å²) in [5.74, 6) is 7.32. The molecule has 0 radical (unpaired) electrons. The van der Waals surface area contributed by atoms with Crippen LogP contribution in [0.25, 0.3) is 0 Å². The average Bonchev–Trinajstić information content (AvgIpc) is 2.55. The summed E-state index contributed by atoms with van der Waals surface area (Å²) >= 11 is 0. The van der Waals surface area contributed by atoms with Crippen molar-refractivity contribution in [3.05, 3.63) is 0 Å². The van der Waals surface area contributed by atoms with E-state index in [0.717, 1.165) is 26.2 Å². The lowest BCUT2D eigenvalue weighted by atomic mass is 10.1. The lowest BCUT2D eigenvalue weighted by molar-refractivity contribution is 0.0526. The molecule has 1 unspecified atom stereocenters. The minimum atomic E-state index is 0.184. The molecule has 116 valence electrons. The maximum atomic E-state index is 5.57. The molecule has 0 aromatic carbocycles. The molecule has 1 aromatic rings.